The summed E-state index contributed by atoms with van der Waals surface area (Å²) in [4.78, 5) is 0. The minimum absolute atomic E-state index is 0.190. The van der Waals surface area contributed by atoms with Crippen LogP contribution >= 0.6 is 34.8 Å². The summed E-state index contributed by atoms with van der Waals surface area (Å²) in [5, 5.41) is 0.723. The van der Waals surface area contributed by atoms with Gasteiger partial charge in [0.15, 0.2) is 0 Å². The molecule has 0 aromatic heterocycles. The highest BCUT2D eigenvalue weighted by molar-refractivity contribution is 6.45. The van der Waals surface area contributed by atoms with E-state index in [0.717, 1.165) is 12.1 Å². The molecule has 0 N–H and O–H groups in total. The Balaban J connectivity index is 2.57. The number of rotatable bonds is 2. The van der Waals surface area contributed by atoms with Crippen LogP contribution in [0.4, 0.5) is 13.2 Å². The zero-order chi connectivity index (χ0) is 14.2. The average molecular weight is 326 g/mol. The molecule has 0 aliphatic carbocycles. The third-order valence-electron chi connectivity index (χ3n) is 2.54. The summed E-state index contributed by atoms with van der Waals surface area (Å²) in [5.41, 5.74) is 0.0585. The van der Waals surface area contributed by atoms with Crippen molar-refractivity contribution in [3.63, 3.8) is 0 Å². The van der Waals surface area contributed by atoms with Crippen LogP contribution in [-0.2, 0) is 0 Å². The minimum Gasteiger partial charge on any atom is -0.206 e. The zero-order valence-corrected chi connectivity index (χ0v) is 11.5. The van der Waals surface area contributed by atoms with E-state index in [1.807, 2.05) is 0 Å². The van der Waals surface area contributed by atoms with Gasteiger partial charge in [0.25, 0.3) is 6.43 Å². The smallest absolute Gasteiger partial charge is 0.206 e. The van der Waals surface area contributed by atoms with Gasteiger partial charge in [0.2, 0.25) is 0 Å². The van der Waals surface area contributed by atoms with Crippen molar-refractivity contribution in [1.82, 2.24) is 0 Å². The van der Waals surface area contributed by atoms with Crippen molar-refractivity contribution in [1.29, 1.82) is 0 Å². The van der Waals surface area contributed by atoms with Crippen LogP contribution in [0.1, 0.15) is 12.0 Å². The van der Waals surface area contributed by atoms with Gasteiger partial charge in [-0.15, -0.1) is 0 Å². The molecule has 0 spiro atoms. The first-order valence-corrected chi connectivity index (χ1v) is 6.26. The number of hydrogen-bond donors (Lipinski definition) is 0. The molecule has 6 heteroatoms. The summed E-state index contributed by atoms with van der Waals surface area (Å²) in [6, 6.07) is 6.28. The summed E-state index contributed by atoms with van der Waals surface area (Å²) < 4.78 is 38.5. The summed E-state index contributed by atoms with van der Waals surface area (Å²) in [6.07, 6.45) is -2.87. The predicted molar refractivity (Wildman–Crippen MR) is 71.8 cm³/mol. The Morgan fingerprint density at radius 1 is 0.947 bits per heavy atom. The Morgan fingerprint density at radius 2 is 1.63 bits per heavy atom. The van der Waals surface area contributed by atoms with Crippen molar-refractivity contribution in [3.05, 3.63) is 56.8 Å². The van der Waals surface area contributed by atoms with Gasteiger partial charge >= 0.3 is 0 Å². The van der Waals surface area contributed by atoms with Crippen LogP contribution in [0.5, 0.6) is 0 Å². The van der Waals surface area contributed by atoms with Crippen LogP contribution in [0, 0.1) is 5.82 Å². The molecule has 2 aromatic carbocycles. The lowest BCUT2D eigenvalue weighted by molar-refractivity contribution is 0.146. The summed E-state index contributed by atoms with van der Waals surface area (Å²) in [5.74, 6) is -1.00. The molecule has 2 rings (SSSR count). The predicted octanol–water partition coefficient (Wildman–Crippen LogP) is 6.39. The van der Waals surface area contributed by atoms with Crippen LogP contribution < -0.4 is 0 Å². The van der Waals surface area contributed by atoms with Gasteiger partial charge in [0.1, 0.15) is 5.82 Å². The number of halogens is 6. The molecular formula is C13H6Cl3F3. The second-order valence-electron chi connectivity index (χ2n) is 3.79. The van der Waals surface area contributed by atoms with E-state index >= 15 is 0 Å². The Bertz CT molecular complexity index is 627. The molecule has 0 aliphatic rings. The first-order chi connectivity index (χ1) is 8.90. The van der Waals surface area contributed by atoms with Crippen LogP contribution in [0.2, 0.25) is 15.1 Å². The number of alkyl halides is 2. The zero-order valence-electron chi connectivity index (χ0n) is 9.23. The molecule has 0 radical (unpaired) electrons. The van der Waals surface area contributed by atoms with Crippen molar-refractivity contribution in [2.24, 2.45) is 0 Å². The van der Waals surface area contributed by atoms with Gasteiger partial charge < -0.3 is 0 Å². The Morgan fingerprint density at radius 3 is 2.21 bits per heavy atom. The lowest BCUT2D eigenvalue weighted by Crippen LogP contribution is -1.92. The van der Waals surface area contributed by atoms with Crippen molar-refractivity contribution in [2.45, 2.75) is 6.43 Å². The van der Waals surface area contributed by atoms with Crippen LogP contribution in [0.25, 0.3) is 11.1 Å². The van der Waals surface area contributed by atoms with Gasteiger partial charge in [0, 0.05) is 10.6 Å². The lowest BCUT2D eigenvalue weighted by Gasteiger charge is -2.09. The van der Waals surface area contributed by atoms with Gasteiger partial charge in [-0.1, -0.05) is 40.9 Å². The maximum absolute atomic E-state index is 13.5. The summed E-state index contributed by atoms with van der Waals surface area (Å²) >= 11 is 17.7. The number of hydrogen-bond acceptors (Lipinski definition) is 0. The van der Waals surface area contributed by atoms with Crippen molar-refractivity contribution < 1.29 is 13.2 Å². The van der Waals surface area contributed by atoms with E-state index in [9.17, 15) is 13.2 Å². The Hall–Kier alpha value is -0.900. The SMILES string of the molecule is Fc1cc(-c2cc(Cl)cc(Cl)c2Cl)ccc1C(F)F. The van der Waals surface area contributed by atoms with Crippen molar-refractivity contribution >= 4 is 34.8 Å². The fraction of sp³-hybridized carbons (Fsp3) is 0.0769. The quantitative estimate of drug-likeness (QED) is 0.561. The normalized spacial score (nSPS) is 11.1. The molecule has 19 heavy (non-hydrogen) atoms. The van der Waals surface area contributed by atoms with E-state index in [1.165, 1.54) is 18.2 Å². The molecular weight excluding hydrogens is 319 g/mol. The lowest BCUT2D eigenvalue weighted by atomic mass is 10.0. The Kier molecular flexibility index (Phi) is 4.29. The van der Waals surface area contributed by atoms with Gasteiger partial charge in [-0.05, 0) is 29.8 Å². The van der Waals surface area contributed by atoms with E-state index in [0.29, 0.717) is 16.1 Å². The van der Waals surface area contributed by atoms with Gasteiger partial charge in [-0.2, -0.15) is 0 Å². The molecule has 0 unspecified atom stereocenters. The highest BCUT2D eigenvalue weighted by Gasteiger charge is 2.16. The van der Waals surface area contributed by atoms with Crippen molar-refractivity contribution in [3.8, 4) is 11.1 Å². The topological polar surface area (TPSA) is 0 Å². The Labute approximate surface area is 122 Å². The second-order valence-corrected chi connectivity index (χ2v) is 5.01. The fourth-order valence-corrected chi connectivity index (χ4v) is 2.35. The third kappa shape index (κ3) is 2.99. The fourth-order valence-electron chi connectivity index (χ4n) is 1.64. The van der Waals surface area contributed by atoms with Crippen LogP contribution in [-0.4, -0.2) is 0 Å². The largest absolute Gasteiger partial charge is 0.266 e. The molecule has 0 bridgehead atoms. The van der Waals surface area contributed by atoms with Crippen LogP contribution in [0.15, 0.2) is 30.3 Å². The first-order valence-electron chi connectivity index (χ1n) is 5.12. The van der Waals surface area contributed by atoms with Crippen LogP contribution in [0.3, 0.4) is 0 Å². The molecule has 0 saturated heterocycles. The second kappa shape index (κ2) is 5.61. The van der Waals surface area contributed by atoms with E-state index < -0.39 is 17.8 Å². The van der Waals surface area contributed by atoms with Gasteiger partial charge in [-0.3, -0.25) is 0 Å². The molecule has 0 saturated carbocycles. The van der Waals surface area contributed by atoms with Gasteiger partial charge in [-0.25, -0.2) is 13.2 Å². The average Bonchev–Trinajstić information content (AvgIpc) is 2.33. The van der Waals surface area contributed by atoms with E-state index in [-0.39, 0.29) is 10.0 Å². The third-order valence-corrected chi connectivity index (χ3v) is 3.56. The molecule has 0 nitrogen and oxygen atoms in total. The van der Waals surface area contributed by atoms with E-state index in [1.54, 1.807) is 0 Å². The molecule has 0 heterocycles. The molecule has 0 aliphatic heterocycles. The van der Waals surface area contributed by atoms with Crippen molar-refractivity contribution in [2.75, 3.05) is 0 Å². The standard InChI is InChI=1S/C13H6Cl3F3/c14-7-4-9(12(16)10(15)5-7)6-1-2-8(13(18)19)11(17)3-6/h1-5,13H. The molecule has 0 fully saturated rings. The molecule has 100 valence electrons. The summed E-state index contributed by atoms with van der Waals surface area (Å²) in [7, 11) is 0. The maximum atomic E-state index is 13.5. The monoisotopic (exact) mass is 324 g/mol. The highest BCUT2D eigenvalue weighted by Crippen LogP contribution is 2.37. The minimum atomic E-state index is -2.87. The molecule has 0 amide bonds. The molecule has 2 aromatic rings. The number of benzene rings is 2. The first kappa shape index (κ1) is 14.5. The van der Waals surface area contributed by atoms with E-state index in [4.69, 9.17) is 34.8 Å². The van der Waals surface area contributed by atoms with Gasteiger partial charge in [0.05, 0.1) is 15.6 Å². The highest BCUT2D eigenvalue weighted by atomic mass is 35.5. The van der Waals surface area contributed by atoms with E-state index in [2.05, 4.69) is 0 Å². The summed E-state index contributed by atoms with van der Waals surface area (Å²) in [6.45, 7) is 0. The molecule has 0 atom stereocenters. The maximum Gasteiger partial charge on any atom is 0.266 e.